The van der Waals surface area contributed by atoms with Gasteiger partial charge in [0.1, 0.15) is 0 Å². The third-order valence-electron chi connectivity index (χ3n) is 3.13. The maximum atomic E-state index is 3.72. The minimum Gasteiger partial charge on any atom is -0.303 e. The third-order valence-corrected chi connectivity index (χ3v) is 4.48. The summed E-state index contributed by atoms with van der Waals surface area (Å²) in [4.78, 5) is 0. The zero-order valence-electron chi connectivity index (χ0n) is 7.88. The smallest absolute Gasteiger partial charge is 0.0562 e. The summed E-state index contributed by atoms with van der Waals surface area (Å²) < 4.78 is 0. The molecule has 1 saturated carbocycles. The first-order chi connectivity index (χ1) is 5.86. The topological polar surface area (TPSA) is 12.0 Å². The van der Waals surface area contributed by atoms with Crippen LogP contribution < -0.4 is 5.32 Å². The van der Waals surface area contributed by atoms with Crippen LogP contribution in [-0.2, 0) is 0 Å². The molecule has 12 heavy (non-hydrogen) atoms. The monoisotopic (exact) mass is 185 g/mol. The summed E-state index contributed by atoms with van der Waals surface area (Å²) in [6.07, 6.45) is 7.23. The largest absolute Gasteiger partial charge is 0.303 e. The van der Waals surface area contributed by atoms with E-state index in [1.165, 1.54) is 37.9 Å². The first kappa shape index (κ1) is 8.89. The van der Waals surface area contributed by atoms with Crippen molar-refractivity contribution >= 4 is 11.8 Å². The molecule has 0 spiro atoms. The van der Waals surface area contributed by atoms with Crippen molar-refractivity contribution in [3.63, 3.8) is 0 Å². The Morgan fingerprint density at radius 3 is 2.58 bits per heavy atom. The second kappa shape index (κ2) is 4.01. The Hall–Kier alpha value is 0.310. The second-order valence-corrected chi connectivity index (χ2v) is 5.44. The van der Waals surface area contributed by atoms with Crippen LogP contribution in [0.1, 0.15) is 39.0 Å². The molecule has 1 nitrogen and oxygen atoms in total. The van der Waals surface area contributed by atoms with Crippen molar-refractivity contribution < 1.29 is 0 Å². The molecule has 0 bridgehead atoms. The van der Waals surface area contributed by atoms with Crippen molar-refractivity contribution in [1.29, 1.82) is 0 Å². The molecule has 1 heterocycles. The number of nitrogens with one attached hydrogen (secondary N) is 1. The average Bonchev–Trinajstić information content (AvgIpc) is 2.56. The predicted octanol–water partition coefficient (Wildman–Crippen LogP) is 2.62. The highest BCUT2D eigenvalue weighted by Gasteiger charge is 2.28. The van der Waals surface area contributed by atoms with Crippen LogP contribution in [0, 0.1) is 5.92 Å². The third kappa shape index (κ3) is 1.97. The van der Waals surface area contributed by atoms with Gasteiger partial charge >= 0.3 is 0 Å². The molecule has 0 radical (unpaired) electrons. The Morgan fingerprint density at radius 2 is 1.92 bits per heavy atom. The second-order valence-electron chi connectivity index (χ2n) is 4.19. The van der Waals surface area contributed by atoms with E-state index >= 15 is 0 Å². The molecule has 1 aliphatic carbocycles. The van der Waals surface area contributed by atoms with Gasteiger partial charge in [0, 0.05) is 6.04 Å². The molecule has 2 atom stereocenters. The van der Waals surface area contributed by atoms with Crippen LogP contribution in [0.2, 0.25) is 0 Å². The van der Waals surface area contributed by atoms with Crippen molar-refractivity contribution in [1.82, 2.24) is 5.32 Å². The quantitative estimate of drug-likeness (QED) is 0.674. The molecule has 1 N–H and O–H groups in total. The van der Waals surface area contributed by atoms with E-state index in [1.54, 1.807) is 0 Å². The normalized spacial score (nSPS) is 38.8. The fourth-order valence-corrected chi connectivity index (χ4v) is 3.93. The van der Waals surface area contributed by atoms with Gasteiger partial charge in [0.15, 0.2) is 0 Å². The van der Waals surface area contributed by atoms with E-state index in [2.05, 4.69) is 24.0 Å². The van der Waals surface area contributed by atoms with Gasteiger partial charge in [-0.15, -0.1) is 11.8 Å². The van der Waals surface area contributed by atoms with Crippen LogP contribution in [0.3, 0.4) is 0 Å². The van der Waals surface area contributed by atoms with Crippen LogP contribution >= 0.6 is 11.8 Å². The van der Waals surface area contributed by atoms with Gasteiger partial charge in [-0.05, 0) is 37.9 Å². The lowest BCUT2D eigenvalue weighted by atomic mass is 10.1. The molecule has 2 unspecified atom stereocenters. The average molecular weight is 185 g/mol. The van der Waals surface area contributed by atoms with E-state index in [0.717, 1.165) is 17.3 Å². The highest BCUT2D eigenvalue weighted by Crippen LogP contribution is 2.34. The lowest BCUT2D eigenvalue weighted by molar-refractivity contribution is 0.399. The summed E-state index contributed by atoms with van der Waals surface area (Å²) in [6.45, 7) is 2.32. The van der Waals surface area contributed by atoms with Crippen molar-refractivity contribution in [3.8, 4) is 0 Å². The minimum atomic E-state index is 0.761. The standard InChI is InChI=1S/C10H19NS/c1-8-6-7-12-10(11-8)9-4-2-3-5-9/h8-11H,2-7H2,1H3. The van der Waals surface area contributed by atoms with Gasteiger partial charge in [0.05, 0.1) is 5.37 Å². The van der Waals surface area contributed by atoms with Crippen LogP contribution in [0.15, 0.2) is 0 Å². The maximum absolute atomic E-state index is 3.72. The fourth-order valence-electron chi connectivity index (χ4n) is 2.32. The SMILES string of the molecule is CC1CCSC(C2CCCC2)N1. The molecule has 2 rings (SSSR count). The molecule has 0 aromatic carbocycles. The molecule has 70 valence electrons. The van der Waals surface area contributed by atoms with Crippen LogP contribution in [0.4, 0.5) is 0 Å². The number of thioether (sulfide) groups is 1. The summed E-state index contributed by atoms with van der Waals surface area (Å²) in [5, 5.41) is 4.51. The zero-order valence-corrected chi connectivity index (χ0v) is 8.70. The molecular weight excluding hydrogens is 166 g/mol. The Balaban J connectivity index is 1.85. The van der Waals surface area contributed by atoms with Crippen molar-refractivity contribution in [2.75, 3.05) is 5.75 Å². The molecule has 1 aliphatic heterocycles. The molecule has 0 amide bonds. The van der Waals surface area contributed by atoms with E-state index in [0.29, 0.717) is 0 Å². The first-order valence-corrected chi connectivity index (χ1v) is 6.29. The van der Waals surface area contributed by atoms with E-state index < -0.39 is 0 Å². The fraction of sp³-hybridized carbons (Fsp3) is 1.00. The van der Waals surface area contributed by atoms with Gasteiger partial charge in [-0.3, -0.25) is 0 Å². The predicted molar refractivity (Wildman–Crippen MR) is 55.4 cm³/mol. The van der Waals surface area contributed by atoms with Crippen LogP contribution in [0.25, 0.3) is 0 Å². The van der Waals surface area contributed by atoms with Gasteiger partial charge in [-0.2, -0.15) is 0 Å². The van der Waals surface area contributed by atoms with Crippen molar-refractivity contribution in [2.24, 2.45) is 5.92 Å². The summed E-state index contributed by atoms with van der Waals surface area (Å²) in [5.74, 6) is 2.35. The lowest BCUT2D eigenvalue weighted by Crippen LogP contribution is -2.42. The van der Waals surface area contributed by atoms with Gasteiger partial charge in [0.2, 0.25) is 0 Å². The van der Waals surface area contributed by atoms with Crippen molar-refractivity contribution in [2.45, 2.75) is 50.4 Å². The molecule has 0 aromatic heterocycles. The summed E-state index contributed by atoms with van der Waals surface area (Å²) in [5.41, 5.74) is 0. The van der Waals surface area contributed by atoms with E-state index in [4.69, 9.17) is 0 Å². The van der Waals surface area contributed by atoms with Crippen LogP contribution in [0.5, 0.6) is 0 Å². The molecule has 0 aromatic rings. The zero-order chi connectivity index (χ0) is 8.39. The molecule has 1 saturated heterocycles. The molecule has 2 heteroatoms. The molecule has 2 fully saturated rings. The van der Waals surface area contributed by atoms with Gasteiger partial charge in [0.25, 0.3) is 0 Å². The number of hydrogen-bond donors (Lipinski definition) is 1. The molecule has 2 aliphatic rings. The van der Waals surface area contributed by atoms with Gasteiger partial charge in [-0.1, -0.05) is 12.8 Å². The Bertz CT molecular complexity index is 143. The van der Waals surface area contributed by atoms with Crippen LogP contribution in [-0.4, -0.2) is 17.2 Å². The van der Waals surface area contributed by atoms with E-state index in [9.17, 15) is 0 Å². The lowest BCUT2D eigenvalue weighted by Gasteiger charge is -2.32. The minimum absolute atomic E-state index is 0.761. The maximum Gasteiger partial charge on any atom is 0.0562 e. The Morgan fingerprint density at radius 1 is 1.17 bits per heavy atom. The van der Waals surface area contributed by atoms with Crippen molar-refractivity contribution in [3.05, 3.63) is 0 Å². The number of hydrogen-bond acceptors (Lipinski definition) is 2. The first-order valence-electron chi connectivity index (χ1n) is 5.24. The highest BCUT2D eigenvalue weighted by atomic mass is 32.2. The summed E-state index contributed by atoms with van der Waals surface area (Å²) in [6, 6.07) is 0.761. The summed E-state index contributed by atoms with van der Waals surface area (Å²) >= 11 is 2.15. The number of rotatable bonds is 1. The Labute approximate surface area is 79.7 Å². The highest BCUT2D eigenvalue weighted by molar-refractivity contribution is 7.99. The molecular formula is C10H19NS. The summed E-state index contributed by atoms with van der Waals surface area (Å²) in [7, 11) is 0. The van der Waals surface area contributed by atoms with Gasteiger partial charge in [-0.25, -0.2) is 0 Å². The Kier molecular flexibility index (Phi) is 2.97. The van der Waals surface area contributed by atoms with E-state index in [1.807, 2.05) is 0 Å². The van der Waals surface area contributed by atoms with E-state index in [-0.39, 0.29) is 0 Å². The van der Waals surface area contributed by atoms with Gasteiger partial charge < -0.3 is 5.32 Å².